The molecule has 1 saturated heterocycles. The Kier molecular flexibility index (Phi) is 5.30. The quantitative estimate of drug-likeness (QED) is 0.857. The molecule has 108 valence electrons. The van der Waals surface area contributed by atoms with Gasteiger partial charge in [0.1, 0.15) is 5.82 Å². The topological polar surface area (TPSA) is 32.3 Å². The zero-order valence-corrected chi connectivity index (χ0v) is 11.8. The Balaban J connectivity index is 1.85. The summed E-state index contributed by atoms with van der Waals surface area (Å²) >= 11 is 0. The van der Waals surface area contributed by atoms with E-state index in [0.717, 1.165) is 25.1 Å². The summed E-state index contributed by atoms with van der Waals surface area (Å²) in [5.41, 5.74) is 0.823. The minimum absolute atomic E-state index is 0.0262. The van der Waals surface area contributed by atoms with Crippen molar-refractivity contribution >= 4 is 12.0 Å². The Labute approximate surface area is 119 Å². The molecule has 4 heteroatoms. The van der Waals surface area contributed by atoms with Crippen LogP contribution in [0.15, 0.2) is 30.3 Å². The Hall–Kier alpha value is -1.68. The van der Waals surface area contributed by atoms with Gasteiger partial charge in [0.2, 0.25) is 5.91 Å². The fourth-order valence-corrected chi connectivity index (χ4v) is 2.37. The molecule has 1 aromatic carbocycles. The third-order valence-corrected chi connectivity index (χ3v) is 3.57. The van der Waals surface area contributed by atoms with Crippen molar-refractivity contribution in [2.24, 2.45) is 0 Å². The van der Waals surface area contributed by atoms with E-state index in [0.29, 0.717) is 6.04 Å². The highest BCUT2D eigenvalue weighted by atomic mass is 19.1. The second-order valence-corrected chi connectivity index (χ2v) is 5.25. The molecule has 0 spiro atoms. The van der Waals surface area contributed by atoms with Crippen LogP contribution >= 0.6 is 0 Å². The molecular weight excluding hydrogens is 255 g/mol. The van der Waals surface area contributed by atoms with E-state index in [1.807, 2.05) is 7.05 Å². The Bertz CT molecular complexity index is 464. The van der Waals surface area contributed by atoms with Crippen molar-refractivity contribution in [3.63, 3.8) is 0 Å². The highest BCUT2D eigenvalue weighted by molar-refractivity contribution is 5.91. The lowest BCUT2D eigenvalue weighted by atomic mass is 10.0. The second-order valence-electron chi connectivity index (χ2n) is 5.25. The molecule has 1 heterocycles. The standard InChI is InChI=1S/C16H21FN2O/c1-19(12-15-4-2-3-11-18-15)16(20)10-7-13-5-8-14(17)9-6-13/h5-10,15,18H,2-4,11-12H2,1H3/b10-7+. The lowest BCUT2D eigenvalue weighted by molar-refractivity contribution is -0.125. The fourth-order valence-electron chi connectivity index (χ4n) is 2.37. The molecule has 0 aliphatic carbocycles. The molecule has 3 nitrogen and oxygen atoms in total. The van der Waals surface area contributed by atoms with Crippen LogP contribution in [0.1, 0.15) is 24.8 Å². The first-order valence-electron chi connectivity index (χ1n) is 7.07. The average Bonchev–Trinajstić information content (AvgIpc) is 2.47. The minimum Gasteiger partial charge on any atom is -0.341 e. The SMILES string of the molecule is CN(CC1CCCCN1)C(=O)/C=C/c1ccc(F)cc1. The van der Waals surface area contributed by atoms with E-state index < -0.39 is 0 Å². The maximum atomic E-state index is 12.8. The zero-order valence-electron chi connectivity index (χ0n) is 11.8. The fraction of sp³-hybridized carbons (Fsp3) is 0.438. The predicted molar refractivity (Wildman–Crippen MR) is 78.7 cm³/mol. The smallest absolute Gasteiger partial charge is 0.246 e. The number of nitrogens with zero attached hydrogens (tertiary/aromatic N) is 1. The third-order valence-electron chi connectivity index (χ3n) is 3.57. The molecule has 20 heavy (non-hydrogen) atoms. The number of likely N-dealkylation sites (N-methyl/N-ethyl adjacent to an activating group) is 1. The zero-order chi connectivity index (χ0) is 14.4. The number of halogens is 1. The molecule has 1 atom stereocenters. The van der Waals surface area contributed by atoms with E-state index in [2.05, 4.69) is 5.32 Å². The van der Waals surface area contributed by atoms with Crippen molar-refractivity contribution in [1.29, 1.82) is 0 Å². The summed E-state index contributed by atoms with van der Waals surface area (Å²) < 4.78 is 12.8. The number of carbonyl (C=O) groups is 1. The van der Waals surface area contributed by atoms with Gasteiger partial charge in [0, 0.05) is 25.7 Å². The molecule has 1 aromatic rings. The Morgan fingerprint density at radius 2 is 2.15 bits per heavy atom. The van der Waals surface area contributed by atoms with E-state index >= 15 is 0 Å². The van der Waals surface area contributed by atoms with Crippen LogP contribution < -0.4 is 5.32 Å². The average molecular weight is 276 g/mol. The van der Waals surface area contributed by atoms with E-state index in [9.17, 15) is 9.18 Å². The third kappa shape index (κ3) is 4.46. The van der Waals surface area contributed by atoms with Gasteiger partial charge in [-0.05, 0) is 43.2 Å². The van der Waals surface area contributed by atoms with Gasteiger partial charge in [0.25, 0.3) is 0 Å². The second kappa shape index (κ2) is 7.20. The van der Waals surface area contributed by atoms with Crippen LogP contribution in [0.2, 0.25) is 0 Å². The largest absolute Gasteiger partial charge is 0.341 e. The highest BCUT2D eigenvalue weighted by Crippen LogP contribution is 2.09. The molecule has 0 bridgehead atoms. The first-order chi connectivity index (χ1) is 9.65. The first-order valence-corrected chi connectivity index (χ1v) is 7.07. The van der Waals surface area contributed by atoms with E-state index in [1.54, 1.807) is 23.1 Å². The van der Waals surface area contributed by atoms with Crippen LogP contribution in [0.25, 0.3) is 6.08 Å². The van der Waals surface area contributed by atoms with Gasteiger partial charge in [-0.1, -0.05) is 18.6 Å². The van der Waals surface area contributed by atoms with Crippen LogP contribution in [0.4, 0.5) is 4.39 Å². The van der Waals surface area contributed by atoms with Gasteiger partial charge in [-0.3, -0.25) is 4.79 Å². The monoisotopic (exact) mass is 276 g/mol. The van der Waals surface area contributed by atoms with E-state index in [-0.39, 0.29) is 11.7 Å². The molecular formula is C16H21FN2O. The molecule has 1 unspecified atom stereocenters. The number of rotatable bonds is 4. The summed E-state index contributed by atoms with van der Waals surface area (Å²) in [7, 11) is 1.81. The molecule has 1 aliphatic rings. The van der Waals surface area contributed by atoms with Crippen molar-refractivity contribution < 1.29 is 9.18 Å². The normalized spacial score (nSPS) is 19.2. The summed E-state index contributed by atoms with van der Waals surface area (Å²) in [6, 6.07) is 6.49. The Morgan fingerprint density at radius 1 is 1.40 bits per heavy atom. The number of hydrogen-bond donors (Lipinski definition) is 1. The number of piperidine rings is 1. The number of carbonyl (C=O) groups excluding carboxylic acids is 1. The molecule has 0 saturated carbocycles. The molecule has 1 aliphatic heterocycles. The van der Waals surface area contributed by atoms with Gasteiger partial charge in [-0.2, -0.15) is 0 Å². The number of amides is 1. The molecule has 0 radical (unpaired) electrons. The lowest BCUT2D eigenvalue weighted by Gasteiger charge is -2.27. The summed E-state index contributed by atoms with van der Waals surface area (Å²) in [6.45, 7) is 1.77. The van der Waals surface area contributed by atoms with Gasteiger partial charge in [0.05, 0.1) is 0 Å². The number of hydrogen-bond acceptors (Lipinski definition) is 2. The van der Waals surface area contributed by atoms with Crippen molar-refractivity contribution in [2.45, 2.75) is 25.3 Å². The molecule has 2 rings (SSSR count). The minimum atomic E-state index is -0.269. The van der Waals surface area contributed by atoms with Gasteiger partial charge >= 0.3 is 0 Å². The maximum absolute atomic E-state index is 12.8. The van der Waals surface area contributed by atoms with Crippen molar-refractivity contribution in [3.8, 4) is 0 Å². The molecule has 0 aromatic heterocycles. The van der Waals surface area contributed by atoms with Gasteiger partial charge in [-0.25, -0.2) is 4.39 Å². The number of nitrogens with one attached hydrogen (secondary N) is 1. The molecule has 1 amide bonds. The van der Waals surface area contributed by atoms with Crippen LogP contribution in [-0.2, 0) is 4.79 Å². The van der Waals surface area contributed by atoms with Crippen molar-refractivity contribution in [3.05, 3.63) is 41.7 Å². The predicted octanol–water partition coefficient (Wildman–Crippen LogP) is 2.44. The number of benzene rings is 1. The lowest BCUT2D eigenvalue weighted by Crippen LogP contribution is -2.43. The summed E-state index contributed by atoms with van der Waals surface area (Å²) in [5.74, 6) is -0.296. The van der Waals surface area contributed by atoms with Crippen LogP contribution in [0, 0.1) is 5.82 Å². The van der Waals surface area contributed by atoms with Crippen LogP contribution in [0.3, 0.4) is 0 Å². The first kappa shape index (κ1) is 14.7. The maximum Gasteiger partial charge on any atom is 0.246 e. The van der Waals surface area contributed by atoms with Gasteiger partial charge in [-0.15, -0.1) is 0 Å². The summed E-state index contributed by atoms with van der Waals surface area (Å²) in [5, 5.41) is 3.43. The summed E-state index contributed by atoms with van der Waals surface area (Å²) in [6.07, 6.45) is 6.83. The van der Waals surface area contributed by atoms with Crippen LogP contribution in [-0.4, -0.2) is 37.0 Å². The van der Waals surface area contributed by atoms with Crippen LogP contribution in [0.5, 0.6) is 0 Å². The molecule has 1 fully saturated rings. The summed E-state index contributed by atoms with van der Waals surface area (Å²) in [4.78, 5) is 13.7. The van der Waals surface area contributed by atoms with Crippen molar-refractivity contribution in [1.82, 2.24) is 10.2 Å². The highest BCUT2D eigenvalue weighted by Gasteiger charge is 2.16. The van der Waals surface area contributed by atoms with Gasteiger partial charge < -0.3 is 10.2 Å². The van der Waals surface area contributed by atoms with E-state index in [1.165, 1.54) is 31.1 Å². The van der Waals surface area contributed by atoms with E-state index in [4.69, 9.17) is 0 Å². The van der Waals surface area contributed by atoms with Gasteiger partial charge in [0.15, 0.2) is 0 Å². The Morgan fingerprint density at radius 3 is 2.80 bits per heavy atom. The van der Waals surface area contributed by atoms with Crippen molar-refractivity contribution in [2.75, 3.05) is 20.1 Å². The molecule has 1 N–H and O–H groups in total.